The van der Waals surface area contributed by atoms with Gasteiger partial charge in [-0.25, -0.2) is 9.59 Å². The van der Waals surface area contributed by atoms with Crippen LogP contribution in [0.15, 0.2) is 24.3 Å². The van der Waals surface area contributed by atoms with Crippen molar-refractivity contribution in [2.75, 3.05) is 33.3 Å². The van der Waals surface area contributed by atoms with Crippen LogP contribution in [-0.4, -0.2) is 71.1 Å². The average molecular weight is 392 g/mol. The Morgan fingerprint density at radius 3 is 2.18 bits per heavy atom. The molecule has 2 aliphatic rings. The van der Waals surface area contributed by atoms with Gasteiger partial charge in [-0.05, 0) is 56.5 Å². The molecule has 2 aliphatic heterocycles. The molecule has 2 fully saturated rings. The molecule has 28 heavy (non-hydrogen) atoms. The largest absolute Gasteiger partial charge is 0.497 e. The van der Waals surface area contributed by atoms with Crippen molar-refractivity contribution >= 4 is 17.8 Å². The summed E-state index contributed by atoms with van der Waals surface area (Å²) < 4.78 is 5.28. The van der Waals surface area contributed by atoms with Crippen LogP contribution in [0.1, 0.15) is 31.2 Å². The molecule has 1 aromatic rings. The smallest absolute Gasteiger partial charge is 0.414 e. The summed E-state index contributed by atoms with van der Waals surface area (Å²) in [6.45, 7) is 4.93. The Morgan fingerprint density at radius 1 is 1.04 bits per heavy atom. The summed E-state index contributed by atoms with van der Waals surface area (Å²) in [5.74, 6) is -2.08. The summed E-state index contributed by atoms with van der Waals surface area (Å²) >= 11 is 0. The monoisotopic (exact) mass is 392 g/mol. The maximum absolute atomic E-state index is 12.4. The molecule has 2 heterocycles. The molecule has 0 bridgehead atoms. The highest BCUT2D eigenvalue weighted by Crippen LogP contribution is 2.23. The molecule has 0 aliphatic carbocycles. The van der Waals surface area contributed by atoms with Gasteiger partial charge in [-0.3, -0.25) is 9.69 Å². The minimum atomic E-state index is -1.82. The number of aliphatic carboxylic acids is 2. The van der Waals surface area contributed by atoms with Crippen LogP contribution in [0.3, 0.4) is 0 Å². The van der Waals surface area contributed by atoms with E-state index in [4.69, 9.17) is 24.5 Å². The Labute approximate surface area is 164 Å². The molecule has 8 heteroatoms. The first-order valence-corrected chi connectivity index (χ1v) is 9.51. The van der Waals surface area contributed by atoms with Gasteiger partial charge in [-0.2, -0.15) is 0 Å². The topological polar surface area (TPSA) is 107 Å². The molecule has 3 rings (SSSR count). The van der Waals surface area contributed by atoms with Gasteiger partial charge in [0.15, 0.2) is 0 Å². The highest BCUT2D eigenvalue weighted by molar-refractivity contribution is 6.27. The molecule has 0 aromatic heterocycles. The zero-order valence-corrected chi connectivity index (χ0v) is 16.2. The fraction of sp³-hybridized carbons (Fsp3) is 0.550. The Kier molecular flexibility index (Phi) is 8.25. The number of carboxylic acids is 2. The molecular weight excluding hydrogens is 364 g/mol. The Hall–Kier alpha value is -2.61. The summed E-state index contributed by atoms with van der Waals surface area (Å²) in [5.41, 5.74) is 1.28. The van der Waals surface area contributed by atoms with Crippen LogP contribution < -0.4 is 4.74 Å². The highest BCUT2D eigenvalue weighted by atomic mass is 16.5. The fourth-order valence-electron chi connectivity index (χ4n) is 3.56. The Bertz CT molecular complexity index is 667. The van der Waals surface area contributed by atoms with E-state index < -0.39 is 11.9 Å². The lowest BCUT2D eigenvalue weighted by Crippen LogP contribution is -2.41. The van der Waals surface area contributed by atoms with E-state index in [2.05, 4.69) is 21.9 Å². The van der Waals surface area contributed by atoms with Crippen molar-refractivity contribution in [1.29, 1.82) is 0 Å². The van der Waals surface area contributed by atoms with Gasteiger partial charge in [0, 0.05) is 25.6 Å². The molecule has 0 saturated carbocycles. The molecule has 2 saturated heterocycles. The number of ether oxygens (including phenoxy) is 1. The summed E-state index contributed by atoms with van der Waals surface area (Å²) in [4.78, 5) is 35.2. The first-order valence-electron chi connectivity index (χ1n) is 9.51. The predicted octanol–water partition coefficient (Wildman–Crippen LogP) is 1.69. The van der Waals surface area contributed by atoms with Crippen LogP contribution in [0, 0.1) is 5.92 Å². The van der Waals surface area contributed by atoms with Crippen LogP contribution in [0.25, 0.3) is 0 Å². The predicted molar refractivity (Wildman–Crippen MR) is 102 cm³/mol. The van der Waals surface area contributed by atoms with Crippen LogP contribution in [0.5, 0.6) is 5.75 Å². The van der Waals surface area contributed by atoms with Crippen LogP contribution in [-0.2, 0) is 20.9 Å². The molecule has 8 nitrogen and oxygen atoms in total. The molecular formula is C20H28N2O6. The summed E-state index contributed by atoms with van der Waals surface area (Å²) in [6, 6.07) is 8.26. The molecule has 0 radical (unpaired) electrons. The van der Waals surface area contributed by atoms with Gasteiger partial charge in [0.2, 0.25) is 5.91 Å². The van der Waals surface area contributed by atoms with Crippen molar-refractivity contribution in [3.05, 3.63) is 29.8 Å². The number of piperidine rings is 1. The van der Waals surface area contributed by atoms with Crippen LogP contribution >= 0.6 is 0 Å². The van der Waals surface area contributed by atoms with Crippen molar-refractivity contribution in [2.45, 2.75) is 32.2 Å². The zero-order chi connectivity index (χ0) is 20.5. The van der Waals surface area contributed by atoms with E-state index in [1.165, 1.54) is 18.4 Å². The molecule has 154 valence electrons. The van der Waals surface area contributed by atoms with Gasteiger partial charge in [-0.15, -0.1) is 0 Å². The van der Waals surface area contributed by atoms with E-state index in [0.29, 0.717) is 5.91 Å². The Balaban J connectivity index is 0.000000409. The Morgan fingerprint density at radius 2 is 1.64 bits per heavy atom. The molecule has 2 N–H and O–H groups in total. The number of rotatable bonds is 4. The second kappa shape index (κ2) is 10.7. The van der Waals surface area contributed by atoms with Gasteiger partial charge in [0.05, 0.1) is 7.11 Å². The van der Waals surface area contributed by atoms with Crippen LogP contribution in [0.4, 0.5) is 0 Å². The third-order valence-corrected chi connectivity index (χ3v) is 5.08. The van der Waals surface area contributed by atoms with E-state index in [0.717, 1.165) is 51.3 Å². The van der Waals surface area contributed by atoms with Crippen molar-refractivity contribution < 1.29 is 29.3 Å². The van der Waals surface area contributed by atoms with E-state index in [9.17, 15) is 4.79 Å². The lowest BCUT2D eigenvalue weighted by molar-refractivity contribution is -0.159. The third-order valence-electron chi connectivity index (χ3n) is 5.08. The normalized spacial score (nSPS) is 17.5. The second-order valence-electron chi connectivity index (χ2n) is 7.04. The minimum Gasteiger partial charge on any atom is -0.497 e. The van der Waals surface area contributed by atoms with Crippen LogP contribution in [0.2, 0.25) is 0 Å². The lowest BCUT2D eigenvalue weighted by atomic mass is 9.95. The second-order valence-corrected chi connectivity index (χ2v) is 7.04. The SMILES string of the molecule is COc1cccc(CN2CCC(C(=O)N3CCCC3)CC2)c1.O=C(O)C(=O)O. The van der Waals surface area contributed by atoms with Gasteiger partial charge in [0.1, 0.15) is 5.75 Å². The fourth-order valence-corrected chi connectivity index (χ4v) is 3.56. The van der Waals surface area contributed by atoms with Crippen molar-refractivity contribution in [1.82, 2.24) is 9.80 Å². The maximum Gasteiger partial charge on any atom is 0.414 e. The number of benzene rings is 1. The summed E-state index contributed by atoms with van der Waals surface area (Å²) in [7, 11) is 1.70. The number of likely N-dealkylation sites (tertiary alicyclic amines) is 2. The number of hydrogen-bond donors (Lipinski definition) is 2. The van der Waals surface area contributed by atoms with Gasteiger partial charge in [-0.1, -0.05) is 12.1 Å². The van der Waals surface area contributed by atoms with Gasteiger partial charge < -0.3 is 19.8 Å². The average Bonchev–Trinajstić information content (AvgIpc) is 3.23. The zero-order valence-electron chi connectivity index (χ0n) is 16.2. The van der Waals surface area contributed by atoms with E-state index >= 15 is 0 Å². The number of nitrogens with zero attached hydrogens (tertiary/aromatic N) is 2. The number of carbonyl (C=O) groups is 3. The van der Waals surface area contributed by atoms with Crippen molar-refractivity contribution in [3.8, 4) is 5.75 Å². The van der Waals surface area contributed by atoms with E-state index in [1.807, 2.05) is 12.1 Å². The quantitative estimate of drug-likeness (QED) is 0.751. The van der Waals surface area contributed by atoms with Gasteiger partial charge in [0.25, 0.3) is 0 Å². The molecule has 0 atom stereocenters. The molecule has 0 spiro atoms. The first-order chi connectivity index (χ1) is 13.4. The first kappa shape index (κ1) is 21.7. The number of amides is 1. The number of methoxy groups -OCH3 is 1. The molecule has 0 unspecified atom stereocenters. The summed E-state index contributed by atoms with van der Waals surface area (Å²) in [6.07, 6.45) is 4.36. The summed E-state index contributed by atoms with van der Waals surface area (Å²) in [5, 5.41) is 14.8. The minimum absolute atomic E-state index is 0.250. The van der Waals surface area contributed by atoms with E-state index in [-0.39, 0.29) is 5.92 Å². The van der Waals surface area contributed by atoms with Crippen molar-refractivity contribution in [3.63, 3.8) is 0 Å². The van der Waals surface area contributed by atoms with E-state index in [1.54, 1.807) is 7.11 Å². The lowest BCUT2D eigenvalue weighted by Gasteiger charge is -2.33. The number of hydrogen-bond acceptors (Lipinski definition) is 5. The standard InChI is InChI=1S/C18H26N2O2.C2H2O4/c1-22-17-6-4-5-15(13-17)14-19-11-7-16(8-12-19)18(21)20-9-2-3-10-20;3-1(4)2(5)6/h4-6,13,16H,2-3,7-12,14H2,1H3;(H,3,4)(H,5,6). The highest BCUT2D eigenvalue weighted by Gasteiger charge is 2.29. The number of carboxylic acid groups (broad SMARTS) is 2. The maximum atomic E-state index is 12.4. The van der Waals surface area contributed by atoms with Gasteiger partial charge >= 0.3 is 11.9 Å². The number of carbonyl (C=O) groups excluding carboxylic acids is 1. The van der Waals surface area contributed by atoms with Crippen molar-refractivity contribution in [2.24, 2.45) is 5.92 Å². The third kappa shape index (κ3) is 6.53. The molecule has 1 amide bonds. The molecule has 1 aromatic carbocycles.